The SMILES string of the molecule is Fc1ccccc1-c1ccnc2[nH]c(-c3n[nH]c4ncc(-c5cncnc5)cc34)cc12. The molecule has 1 aromatic carbocycles. The van der Waals surface area contributed by atoms with Crippen LogP contribution in [0.3, 0.4) is 0 Å². The van der Waals surface area contributed by atoms with Gasteiger partial charge in [0.25, 0.3) is 0 Å². The van der Waals surface area contributed by atoms with Crippen LogP contribution in [0, 0.1) is 5.82 Å². The van der Waals surface area contributed by atoms with Crippen molar-refractivity contribution in [1.29, 1.82) is 0 Å². The first-order valence-electron chi connectivity index (χ1n) is 9.60. The van der Waals surface area contributed by atoms with Gasteiger partial charge in [-0.3, -0.25) is 5.10 Å². The van der Waals surface area contributed by atoms with Crippen molar-refractivity contribution >= 4 is 22.1 Å². The molecule has 7 nitrogen and oxygen atoms in total. The van der Waals surface area contributed by atoms with Crippen LogP contribution in [0.15, 0.2) is 73.6 Å². The minimum absolute atomic E-state index is 0.276. The Morgan fingerprint density at radius 1 is 0.774 bits per heavy atom. The van der Waals surface area contributed by atoms with Gasteiger partial charge in [-0.25, -0.2) is 24.3 Å². The van der Waals surface area contributed by atoms with Gasteiger partial charge in [-0.05, 0) is 29.8 Å². The number of hydrogen-bond acceptors (Lipinski definition) is 5. The highest BCUT2D eigenvalue weighted by molar-refractivity contribution is 5.99. The standard InChI is InChI=1S/C23H14FN7/c24-19-4-2-1-3-16(19)15-5-6-27-22-17(15)8-20(29-22)21-18-7-13(11-28-23(18)31-30-21)14-9-25-12-26-10-14/h1-12H,(H,27,29)(H,28,30,31). The third-order valence-electron chi connectivity index (χ3n) is 5.26. The zero-order chi connectivity index (χ0) is 20.8. The van der Waals surface area contributed by atoms with E-state index in [-0.39, 0.29) is 5.82 Å². The Kier molecular flexibility index (Phi) is 3.82. The lowest BCUT2D eigenvalue weighted by molar-refractivity contribution is 0.631. The molecule has 6 rings (SSSR count). The molecule has 0 aliphatic heterocycles. The van der Waals surface area contributed by atoms with E-state index < -0.39 is 0 Å². The lowest BCUT2D eigenvalue weighted by Crippen LogP contribution is -1.85. The molecule has 5 aromatic heterocycles. The van der Waals surface area contributed by atoms with Gasteiger partial charge in [0.05, 0.1) is 5.69 Å². The molecular weight excluding hydrogens is 393 g/mol. The van der Waals surface area contributed by atoms with Crippen molar-refractivity contribution in [2.45, 2.75) is 0 Å². The fourth-order valence-electron chi connectivity index (χ4n) is 3.78. The van der Waals surface area contributed by atoms with Gasteiger partial charge in [0.15, 0.2) is 5.65 Å². The van der Waals surface area contributed by atoms with Crippen molar-refractivity contribution in [2.75, 3.05) is 0 Å². The minimum Gasteiger partial charge on any atom is -0.338 e. The Morgan fingerprint density at radius 3 is 2.52 bits per heavy atom. The number of H-pyrrole nitrogens is 2. The van der Waals surface area contributed by atoms with Crippen molar-refractivity contribution in [3.05, 3.63) is 79.4 Å². The maximum absolute atomic E-state index is 14.4. The summed E-state index contributed by atoms with van der Waals surface area (Å²) in [5.41, 5.74) is 5.84. The molecule has 0 atom stereocenters. The second-order valence-corrected chi connectivity index (χ2v) is 7.10. The number of aromatic amines is 2. The van der Waals surface area contributed by atoms with E-state index in [1.807, 2.05) is 24.3 Å². The molecule has 31 heavy (non-hydrogen) atoms. The van der Waals surface area contributed by atoms with Gasteiger partial charge in [0.2, 0.25) is 0 Å². The van der Waals surface area contributed by atoms with Crippen LogP contribution in [-0.4, -0.2) is 35.1 Å². The number of halogens is 1. The summed E-state index contributed by atoms with van der Waals surface area (Å²) < 4.78 is 14.4. The lowest BCUT2D eigenvalue weighted by Gasteiger charge is -2.04. The quantitative estimate of drug-likeness (QED) is 0.441. The van der Waals surface area contributed by atoms with Gasteiger partial charge in [0.1, 0.15) is 23.5 Å². The fraction of sp³-hybridized carbons (Fsp3) is 0. The molecule has 0 bridgehead atoms. The van der Waals surface area contributed by atoms with E-state index in [1.54, 1.807) is 36.9 Å². The summed E-state index contributed by atoms with van der Waals surface area (Å²) in [7, 11) is 0. The average molecular weight is 407 g/mol. The van der Waals surface area contributed by atoms with Crippen LogP contribution < -0.4 is 0 Å². The van der Waals surface area contributed by atoms with E-state index in [9.17, 15) is 4.39 Å². The summed E-state index contributed by atoms with van der Waals surface area (Å²) in [5, 5.41) is 9.10. The highest BCUT2D eigenvalue weighted by Gasteiger charge is 2.16. The van der Waals surface area contributed by atoms with Crippen LogP contribution >= 0.6 is 0 Å². The van der Waals surface area contributed by atoms with E-state index in [2.05, 4.69) is 35.1 Å². The van der Waals surface area contributed by atoms with Crippen LogP contribution in [0.5, 0.6) is 0 Å². The van der Waals surface area contributed by atoms with Crippen LogP contribution in [0.2, 0.25) is 0 Å². The number of rotatable bonds is 3. The zero-order valence-electron chi connectivity index (χ0n) is 16.0. The molecule has 0 saturated heterocycles. The molecule has 0 unspecified atom stereocenters. The number of pyridine rings is 2. The maximum atomic E-state index is 14.4. The summed E-state index contributed by atoms with van der Waals surface area (Å²) in [6, 6.07) is 12.5. The van der Waals surface area contributed by atoms with Gasteiger partial charge in [-0.2, -0.15) is 5.10 Å². The largest absolute Gasteiger partial charge is 0.338 e. The molecular formula is C23H14FN7. The third kappa shape index (κ3) is 2.84. The van der Waals surface area contributed by atoms with Crippen molar-refractivity contribution in [1.82, 2.24) is 35.1 Å². The number of fused-ring (bicyclic) bond motifs is 2. The summed E-state index contributed by atoms with van der Waals surface area (Å²) >= 11 is 0. The Bertz CT molecular complexity index is 1550. The Hall–Kier alpha value is -4.46. The highest BCUT2D eigenvalue weighted by Crippen LogP contribution is 2.34. The molecule has 2 N–H and O–H groups in total. The van der Waals surface area contributed by atoms with E-state index in [0.717, 1.165) is 33.2 Å². The van der Waals surface area contributed by atoms with Crippen LogP contribution in [-0.2, 0) is 0 Å². The van der Waals surface area contributed by atoms with Gasteiger partial charge in [-0.1, -0.05) is 18.2 Å². The van der Waals surface area contributed by atoms with E-state index in [0.29, 0.717) is 22.6 Å². The molecule has 0 radical (unpaired) electrons. The molecule has 0 amide bonds. The monoisotopic (exact) mass is 407 g/mol. The van der Waals surface area contributed by atoms with E-state index in [1.165, 1.54) is 12.4 Å². The van der Waals surface area contributed by atoms with Crippen molar-refractivity contribution in [2.24, 2.45) is 0 Å². The second-order valence-electron chi connectivity index (χ2n) is 7.10. The number of hydrogen-bond donors (Lipinski definition) is 2. The second kappa shape index (κ2) is 6.81. The first kappa shape index (κ1) is 17.4. The Labute approximate surface area is 175 Å². The first-order chi connectivity index (χ1) is 15.3. The summed E-state index contributed by atoms with van der Waals surface area (Å²) in [4.78, 5) is 20.4. The Balaban J connectivity index is 1.53. The molecule has 6 aromatic rings. The van der Waals surface area contributed by atoms with Crippen LogP contribution in [0.1, 0.15) is 0 Å². The molecule has 0 saturated carbocycles. The smallest absolute Gasteiger partial charge is 0.155 e. The summed E-state index contributed by atoms with van der Waals surface area (Å²) in [5.74, 6) is -0.276. The van der Waals surface area contributed by atoms with Crippen molar-refractivity contribution in [3.63, 3.8) is 0 Å². The summed E-state index contributed by atoms with van der Waals surface area (Å²) in [6.45, 7) is 0. The summed E-state index contributed by atoms with van der Waals surface area (Å²) in [6.07, 6.45) is 8.39. The average Bonchev–Trinajstić information content (AvgIpc) is 3.43. The van der Waals surface area contributed by atoms with Gasteiger partial charge in [0, 0.05) is 52.3 Å². The number of nitrogens with zero attached hydrogens (tertiary/aromatic N) is 5. The lowest BCUT2D eigenvalue weighted by atomic mass is 10.0. The number of nitrogens with one attached hydrogen (secondary N) is 2. The molecule has 0 fully saturated rings. The fourth-order valence-corrected chi connectivity index (χ4v) is 3.78. The molecule has 0 aliphatic carbocycles. The molecule has 0 spiro atoms. The Morgan fingerprint density at radius 2 is 1.65 bits per heavy atom. The maximum Gasteiger partial charge on any atom is 0.155 e. The van der Waals surface area contributed by atoms with Crippen molar-refractivity contribution < 1.29 is 4.39 Å². The van der Waals surface area contributed by atoms with E-state index >= 15 is 0 Å². The molecule has 8 heteroatoms. The zero-order valence-corrected chi connectivity index (χ0v) is 16.0. The number of aromatic nitrogens is 7. The van der Waals surface area contributed by atoms with Crippen molar-refractivity contribution in [3.8, 4) is 33.6 Å². The van der Waals surface area contributed by atoms with Gasteiger partial charge < -0.3 is 4.98 Å². The topological polar surface area (TPSA) is 96.0 Å². The molecule has 5 heterocycles. The normalized spacial score (nSPS) is 11.4. The molecule has 0 aliphatic rings. The van der Waals surface area contributed by atoms with E-state index in [4.69, 9.17) is 0 Å². The number of benzene rings is 1. The predicted octanol–water partition coefficient (Wildman–Crippen LogP) is 4.76. The minimum atomic E-state index is -0.276. The van der Waals surface area contributed by atoms with Gasteiger partial charge >= 0.3 is 0 Å². The predicted molar refractivity (Wildman–Crippen MR) is 115 cm³/mol. The van der Waals surface area contributed by atoms with Crippen LogP contribution in [0.4, 0.5) is 4.39 Å². The molecule has 148 valence electrons. The first-order valence-corrected chi connectivity index (χ1v) is 9.60. The van der Waals surface area contributed by atoms with Crippen LogP contribution in [0.25, 0.3) is 55.7 Å². The third-order valence-corrected chi connectivity index (χ3v) is 5.26. The highest BCUT2D eigenvalue weighted by atomic mass is 19.1. The van der Waals surface area contributed by atoms with Gasteiger partial charge in [-0.15, -0.1) is 0 Å².